The molecule has 8 nitrogen and oxygen atoms in total. The van der Waals surface area contributed by atoms with Crippen LogP contribution in [0.4, 0.5) is 5.69 Å². The van der Waals surface area contributed by atoms with Crippen molar-refractivity contribution in [1.82, 2.24) is 9.47 Å². The summed E-state index contributed by atoms with van der Waals surface area (Å²) in [5.74, 6) is 1.62. The molecule has 1 N–H and O–H groups in total. The Labute approximate surface area is 186 Å². The molecule has 0 bridgehead atoms. The molecule has 2 amide bonds. The number of rotatable bonds is 7. The molecule has 168 valence electrons. The second-order valence-electron chi connectivity index (χ2n) is 7.68. The maximum Gasteiger partial charge on any atom is 0.256 e. The van der Waals surface area contributed by atoms with E-state index in [9.17, 15) is 9.59 Å². The van der Waals surface area contributed by atoms with Crippen molar-refractivity contribution >= 4 is 17.5 Å². The van der Waals surface area contributed by atoms with Crippen molar-refractivity contribution in [3.8, 4) is 11.5 Å². The van der Waals surface area contributed by atoms with Gasteiger partial charge in [0.15, 0.2) is 11.5 Å². The van der Waals surface area contributed by atoms with Crippen LogP contribution in [-0.2, 0) is 11.3 Å². The van der Waals surface area contributed by atoms with Gasteiger partial charge in [-0.3, -0.25) is 9.59 Å². The number of fused-ring (bicyclic) bond motifs is 1. The van der Waals surface area contributed by atoms with Crippen LogP contribution in [0.25, 0.3) is 0 Å². The molecule has 8 heteroatoms. The molecule has 0 saturated carbocycles. The third-order valence-electron chi connectivity index (χ3n) is 5.53. The molecule has 0 spiro atoms. The molecule has 1 aliphatic rings. The van der Waals surface area contributed by atoms with Gasteiger partial charge in [0.25, 0.3) is 5.91 Å². The lowest BCUT2D eigenvalue weighted by molar-refractivity contribution is -0.116. The Bertz CT molecular complexity index is 1120. The normalized spacial score (nSPS) is 12.5. The standard InChI is InChI=1S/C24H27N3O5/c1-4-26(15-23(28)25-18-7-8-21-22(13-18)32-11-10-31-21)24(29)20-12-16(2)27(17(20)3)14-19-6-5-9-30-19/h5-9,12-13H,4,10-11,14-15H2,1-3H3,(H,25,28). The molecule has 0 fully saturated rings. The van der Waals surface area contributed by atoms with Gasteiger partial charge in [-0.15, -0.1) is 0 Å². The summed E-state index contributed by atoms with van der Waals surface area (Å²) in [5, 5.41) is 2.84. The van der Waals surface area contributed by atoms with Crippen molar-refractivity contribution in [2.75, 3.05) is 31.6 Å². The highest BCUT2D eigenvalue weighted by atomic mass is 16.6. The predicted octanol–water partition coefficient (Wildman–Crippen LogP) is 3.62. The first-order valence-corrected chi connectivity index (χ1v) is 10.6. The van der Waals surface area contributed by atoms with Gasteiger partial charge in [0.05, 0.1) is 18.4 Å². The molecule has 32 heavy (non-hydrogen) atoms. The van der Waals surface area contributed by atoms with E-state index in [1.807, 2.05) is 43.5 Å². The summed E-state index contributed by atoms with van der Waals surface area (Å²) in [7, 11) is 0. The molecular formula is C24H27N3O5. The van der Waals surface area contributed by atoms with E-state index in [-0.39, 0.29) is 18.4 Å². The summed E-state index contributed by atoms with van der Waals surface area (Å²) in [5.41, 5.74) is 2.98. The topological polar surface area (TPSA) is 85.9 Å². The van der Waals surface area contributed by atoms with Crippen LogP contribution < -0.4 is 14.8 Å². The van der Waals surface area contributed by atoms with Gasteiger partial charge in [0.1, 0.15) is 25.5 Å². The van der Waals surface area contributed by atoms with E-state index in [0.29, 0.717) is 49.1 Å². The van der Waals surface area contributed by atoms with E-state index in [1.54, 1.807) is 24.5 Å². The number of nitrogens with zero attached hydrogens (tertiary/aromatic N) is 2. The fraction of sp³-hybridized carbons (Fsp3) is 0.333. The third kappa shape index (κ3) is 4.49. The van der Waals surface area contributed by atoms with E-state index >= 15 is 0 Å². The number of nitrogens with one attached hydrogen (secondary N) is 1. The number of amides is 2. The summed E-state index contributed by atoms with van der Waals surface area (Å²) >= 11 is 0. The van der Waals surface area contributed by atoms with Crippen LogP contribution in [0.3, 0.4) is 0 Å². The Hall–Kier alpha value is -3.68. The summed E-state index contributed by atoms with van der Waals surface area (Å²) in [6.07, 6.45) is 1.63. The van der Waals surface area contributed by atoms with E-state index in [1.165, 1.54) is 4.90 Å². The lowest BCUT2D eigenvalue weighted by Crippen LogP contribution is -2.38. The lowest BCUT2D eigenvalue weighted by Gasteiger charge is -2.21. The van der Waals surface area contributed by atoms with Gasteiger partial charge in [-0.25, -0.2) is 0 Å². The molecule has 1 aromatic carbocycles. The minimum atomic E-state index is -0.277. The van der Waals surface area contributed by atoms with Crippen LogP contribution in [0.5, 0.6) is 11.5 Å². The molecule has 0 saturated heterocycles. The maximum absolute atomic E-state index is 13.2. The quantitative estimate of drug-likeness (QED) is 0.610. The molecule has 2 aromatic heterocycles. The van der Waals surface area contributed by atoms with Gasteiger partial charge in [-0.1, -0.05) is 0 Å². The van der Waals surface area contributed by atoms with Crippen LogP contribution in [0, 0.1) is 13.8 Å². The van der Waals surface area contributed by atoms with E-state index in [0.717, 1.165) is 17.1 Å². The van der Waals surface area contributed by atoms with Gasteiger partial charge in [0.2, 0.25) is 5.91 Å². The van der Waals surface area contributed by atoms with Crippen LogP contribution in [-0.4, -0.2) is 47.6 Å². The van der Waals surface area contributed by atoms with Gasteiger partial charge in [0, 0.05) is 29.7 Å². The first-order chi connectivity index (χ1) is 15.5. The Morgan fingerprint density at radius 2 is 1.88 bits per heavy atom. The Kier molecular flexibility index (Phi) is 6.20. The maximum atomic E-state index is 13.2. The SMILES string of the molecule is CCN(CC(=O)Nc1ccc2c(c1)OCCO2)C(=O)c1cc(C)n(Cc2ccco2)c1C. The minimum Gasteiger partial charge on any atom is -0.486 e. The monoisotopic (exact) mass is 437 g/mol. The van der Waals surface area contributed by atoms with Crippen LogP contribution in [0.2, 0.25) is 0 Å². The fourth-order valence-corrected chi connectivity index (χ4v) is 3.81. The predicted molar refractivity (Wildman–Crippen MR) is 119 cm³/mol. The number of anilines is 1. The van der Waals surface area contributed by atoms with Crippen molar-refractivity contribution in [2.24, 2.45) is 0 Å². The van der Waals surface area contributed by atoms with Crippen LogP contribution in [0.15, 0.2) is 47.1 Å². The average molecular weight is 437 g/mol. The van der Waals surface area contributed by atoms with E-state index in [2.05, 4.69) is 5.32 Å². The summed E-state index contributed by atoms with van der Waals surface area (Å²) in [6.45, 7) is 7.62. The van der Waals surface area contributed by atoms with Gasteiger partial charge < -0.3 is 28.7 Å². The van der Waals surface area contributed by atoms with Gasteiger partial charge >= 0.3 is 0 Å². The summed E-state index contributed by atoms with van der Waals surface area (Å²) in [4.78, 5) is 27.4. The lowest BCUT2D eigenvalue weighted by atomic mass is 10.2. The number of aryl methyl sites for hydroxylation is 1. The van der Waals surface area contributed by atoms with Crippen molar-refractivity contribution in [3.63, 3.8) is 0 Å². The Balaban J connectivity index is 1.44. The zero-order valence-electron chi connectivity index (χ0n) is 18.5. The molecule has 0 unspecified atom stereocenters. The molecule has 1 aliphatic heterocycles. The number of benzene rings is 1. The van der Waals surface area contributed by atoms with Crippen molar-refractivity contribution in [2.45, 2.75) is 27.3 Å². The highest BCUT2D eigenvalue weighted by Gasteiger charge is 2.23. The Morgan fingerprint density at radius 1 is 1.09 bits per heavy atom. The number of ether oxygens (including phenoxy) is 2. The van der Waals surface area contributed by atoms with Crippen LogP contribution in [0.1, 0.15) is 34.4 Å². The molecule has 0 aliphatic carbocycles. The van der Waals surface area contributed by atoms with Crippen LogP contribution >= 0.6 is 0 Å². The number of carbonyl (C=O) groups excluding carboxylic acids is 2. The number of hydrogen-bond acceptors (Lipinski definition) is 5. The molecule has 3 aromatic rings. The molecule has 3 heterocycles. The minimum absolute atomic E-state index is 0.0500. The molecule has 0 atom stereocenters. The molecular weight excluding hydrogens is 410 g/mol. The second kappa shape index (κ2) is 9.21. The highest BCUT2D eigenvalue weighted by Crippen LogP contribution is 2.32. The number of furan rings is 1. The van der Waals surface area contributed by atoms with Gasteiger partial charge in [-0.05, 0) is 51.1 Å². The molecule has 0 radical (unpaired) electrons. The smallest absolute Gasteiger partial charge is 0.256 e. The Morgan fingerprint density at radius 3 is 2.59 bits per heavy atom. The first kappa shape index (κ1) is 21.5. The van der Waals surface area contributed by atoms with Crippen molar-refractivity contribution in [3.05, 3.63) is 65.4 Å². The molecule has 4 rings (SSSR count). The zero-order valence-corrected chi connectivity index (χ0v) is 18.5. The number of aromatic nitrogens is 1. The second-order valence-corrected chi connectivity index (χ2v) is 7.68. The van der Waals surface area contributed by atoms with Crippen molar-refractivity contribution < 1.29 is 23.5 Å². The van der Waals surface area contributed by atoms with E-state index in [4.69, 9.17) is 13.9 Å². The van der Waals surface area contributed by atoms with Crippen molar-refractivity contribution in [1.29, 1.82) is 0 Å². The average Bonchev–Trinajstić information content (AvgIpc) is 3.40. The fourth-order valence-electron chi connectivity index (χ4n) is 3.81. The largest absolute Gasteiger partial charge is 0.486 e. The number of likely N-dealkylation sites (N-methyl/N-ethyl adjacent to an activating group) is 1. The first-order valence-electron chi connectivity index (χ1n) is 10.6. The number of hydrogen-bond donors (Lipinski definition) is 1. The third-order valence-corrected chi connectivity index (χ3v) is 5.53. The zero-order chi connectivity index (χ0) is 22.7. The summed E-state index contributed by atoms with van der Waals surface area (Å²) in [6, 6.07) is 10.9. The number of carbonyl (C=O) groups is 2. The highest BCUT2D eigenvalue weighted by molar-refractivity contribution is 6.00. The van der Waals surface area contributed by atoms with E-state index < -0.39 is 0 Å². The van der Waals surface area contributed by atoms with Gasteiger partial charge in [-0.2, -0.15) is 0 Å². The summed E-state index contributed by atoms with van der Waals surface area (Å²) < 4.78 is 18.5.